The van der Waals surface area contributed by atoms with Gasteiger partial charge in [0, 0.05) is 31.6 Å². The van der Waals surface area contributed by atoms with Crippen LogP contribution < -0.4 is 0 Å². The maximum Gasteiger partial charge on any atom is 0.0634 e. The van der Waals surface area contributed by atoms with Gasteiger partial charge in [-0.25, -0.2) is 0 Å². The number of halogens is 1. The molecule has 2 saturated heterocycles. The molecule has 2 heterocycles. The Kier molecular flexibility index (Phi) is 4.26. The van der Waals surface area contributed by atoms with E-state index in [-0.39, 0.29) is 0 Å². The maximum absolute atomic E-state index is 5.96. The zero-order valence-corrected chi connectivity index (χ0v) is 10.2. The summed E-state index contributed by atoms with van der Waals surface area (Å²) in [6, 6.07) is 0.436. The highest BCUT2D eigenvalue weighted by Crippen LogP contribution is 2.18. The molecule has 2 aliphatic rings. The molecule has 88 valence electrons. The molecule has 0 amide bonds. The van der Waals surface area contributed by atoms with Gasteiger partial charge in [0.05, 0.1) is 13.2 Å². The number of hydrogen-bond donors (Lipinski definition) is 0. The first kappa shape index (κ1) is 11.6. The molecule has 0 saturated carbocycles. The summed E-state index contributed by atoms with van der Waals surface area (Å²) < 4.78 is 5.45. The number of nitrogens with zero attached hydrogens (tertiary/aromatic N) is 2. The molecule has 2 rings (SSSR count). The number of rotatable bonds is 3. The van der Waals surface area contributed by atoms with Gasteiger partial charge in [0.25, 0.3) is 0 Å². The minimum atomic E-state index is 0.436. The molecule has 2 unspecified atom stereocenters. The lowest BCUT2D eigenvalue weighted by atomic mass is 10.1. The third-order valence-corrected chi connectivity index (χ3v) is 3.87. The van der Waals surface area contributed by atoms with Crippen LogP contribution in [0.15, 0.2) is 0 Å². The third-order valence-electron chi connectivity index (χ3n) is 3.51. The Balaban J connectivity index is 1.81. The van der Waals surface area contributed by atoms with E-state index >= 15 is 0 Å². The predicted molar refractivity (Wildman–Crippen MR) is 62.5 cm³/mol. The van der Waals surface area contributed by atoms with Crippen molar-refractivity contribution in [3.8, 4) is 0 Å². The topological polar surface area (TPSA) is 15.7 Å². The van der Waals surface area contributed by atoms with E-state index < -0.39 is 0 Å². The standard InChI is InChI=1S/C11H21ClN2O/c1-13-3-2-10(7-13)8-14-4-5-15-9-11(14)6-12/h10-11H,2-9H2,1H3. The Morgan fingerprint density at radius 2 is 2.27 bits per heavy atom. The zero-order chi connectivity index (χ0) is 10.7. The molecule has 4 heteroatoms. The summed E-state index contributed by atoms with van der Waals surface area (Å²) in [7, 11) is 2.21. The Hall–Kier alpha value is 0.170. The summed E-state index contributed by atoms with van der Waals surface area (Å²) in [5.74, 6) is 1.53. The number of ether oxygens (including phenoxy) is 1. The zero-order valence-electron chi connectivity index (χ0n) is 9.49. The first-order valence-corrected chi connectivity index (χ1v) is 6.39. The summed E-state index contributed by atoms with van der Waals surface area (Å²) in [6.45, 7) is 6.43. The molecule has 0 aromatic carbocycles. The normalized spacial score (nSPS) is 34.8. The lowest BCUT2D eigenvalue weighted by molar-refractivity contribution is -0.00522. The van der Waals surface area contributed by atoms with E-state index in [2.05, 4.69) is 16.8 Å². The van der Waals surface area contributed by atoms with Gasteiger partial charge in [-0.2, -0.15) is 0 Å². The Bertz CT molecular complexity index is 203. The molecule has 3 nitrogen and oxygen atoms in total. The van der Waals surface area contributed by atoms with E-state index in [1.165, 1.54) is 26.1 Å². The minimum absolute atomic E-state index is 0.436. The van der Waals surface area contributed by atoms with Crippen molar-refractivity contribution < 1.29 is 4.74 Å². The van der Waals surface area contributed by atoms with Crippen molar-refractivity contribution in [2.24, 2.45) is 5.92 Å². The fourth-order valence-corrected chi connectivity index (χ4v) is 2.86. The molecule has 15 heavy (non-hydrogen) atoms. The van der Waals surface area contributed by atoms with Gasteiger partial charge >= 0.3 is 0 Å². The van der Waals surface area contributed by atoms with Crippen LogP contribution in [0.25, 0.3) is 0 Å². The Morgan fingerprint density at radius 3 is 2.93 bits per heavy atom. The number of likely N-dealkylation sites (tertiary alicyclic amines) is 1. The molecular weight excluding hydrogens is 212 g/mol. The second-order valence-corrected chi connectivity index (χ2v) is 5.10. The third kappa shape index (κ3) is 3.06. The predicted octanol–water partition coefficient (Wildman–Crippen LogP) is 0.878. The molecule has 0 aromatic rings. The van der Waals surface area contributed by atoms with Crippen LogP contribution in [0.2, 0.25) is 0 Å². The molecule has 2 aliphatic heterocycles. The lowest BCUT2D eigenvalue weighted by Crippen LogP contribution is -2.48. The van der Waals surface area contributed by atoms with Crippen LogP contribution in [0, 0.1) is 5.92 Å². The van der Waals surface area contributed by atoms with Gasteiger partial charge in [-0.15, -0.1) is 11.6 Å². The number of alkyl halides is 1. The van der Waals surface area contributed by atoms with E-state index in [0.717, 1.165) is 25.7 Å². The van der Waals surface area contributed by atoms with Crippen LogP contribution in [0.4, 0.5) is 0 Å². The van der Waals surface area contributed by atoms with E-state index in [1.54, 1.807) is 0 Å². The van der Waals surface area contributed by atoms with Crippen LogP contribution in [-0.4, -0.2) is 68.2 Å². The molecule has 0 radical (unpaired) electrons. The highest BCUT2D eigenvalue weighted by molar-refractivity contribution is 6.18. The number of morpholine rings is 1. The van der Waals surface area contributed by atoms with Crippen LogP contribution in [0.5, 0.6) is 0 Å². The Morgan fingerprint density at radius 1 is 1.40 bits per heavy atom. The van der Waals surface area contributed by atoms with Gasteiger partial charge in [-0.3, -0.25) is 4.90 Å². The van der Waals surface area contributed by atoms with Crippen LogP contribution >= 0.6 is 11.6 Å². The molecule has 0 aliphatic carbocycles. The quantitative estimate of drug-likeness (QED) is 0.672. The Labute approximate surface area is 97.3 Å². The SMILES string of the molecule is CN1CCC(CN2CCOCC2CCl)C1. The maximum atomic E-state index is 5.96. The van der Waals surface area contributed by atoms with E-state index in [0.29, 0.717) is 11.9 Å². The van der Waals surface area contributed by atoms with Crippen LogP contribution in [-0.2, 0) is 4.74 Å². The molecule has 0 bridgehead atoms. The van der Waals surface area contributed by atoms with Crippen molar-refractivity contribution in [1.29, 1.82) is 0 Å². The average molecular weight is 233 g/mol. The van der Waals surface area contributed by atoms with Gasteiger partial charge in [-0.1, -0.05) is 0 Å². The summed E-state index contributed by atoms with van der Waals surface area (Å²) in [4.78, 5) is 4.93. The van der Waals surface area contributed by atoms with Crippen molar-refractivity contribution in [2.75, 3.05) is 52.3 Å². The lowest BCUT2D eigenvalue weighted by Gasteiger charge is -2.36. The van der Waals surface area contributed by atoms with Crippen LogP contribution in [0.1, 0.15) is 6.42 Å². The fraction of sp³-hybridized carbons (Fsp3) is 1.00. The number of hydrogen-bond acceptors (Lipinski definition) is 3. The van der Waals surface area contributed by atoms with Gasteiger partial charge in [0.1, 0.15) is 0 Å². The average Bonchev–Trinajstić information content (AvgIpc) is 2.65. The minimum Gasteiger partial charge on any atom is -0.378 e. The van der Waals surface area contributed by atoms with Gasteiger partial charge in [-0.05, 0) is 25.9 Å². The summed E-state index contributed by atoms with van der Waals surface area (Å²) in [6.07, 6.45) is 1.34. The first-order valence-electron chi connectivity index (χ1n) is 5.86. The largest absolute Gasteiger partial charge is 0.378 e. The molecule has 2 fully saturated rings. The van der Waals surface area contributed by atoms with Crippen molar-refractivity contribution in [3.05, 3.63) is 0 Å². The van der Waals surface area contributed by atoms with Crippen molar-refractivity contribution >= 4 is 11.6 Å². The van der Waals surface area contributed by atoms with Crippen molar-refractivity contribution in [3.63, 3.8) is 0 Å². The monoisotopic (exact) mass is 232 g/mol. The first-order chi connectivity index (χ1) is 7.29. The second kappa shape index (κ2) is 5.48. The highest BCUT2D eigenvalue weighted by atomic mass is 35.5. The smallest absolute Gasteiger partial charge is 0.0634 e. The summed E-state index contributed by atoms with van der Waals surface area (Å²) in [5, 5.41) is 0. The van der Waals surface area contributed by atoms with E-state index in [4.69, 9.17) is 16.3 Å². The highest BCUT2D eigenvalue weighted by Gasteiger charge is 2.27. The van der Waals surface area contributed by atoms with Crippen LogP contribution in [0.3, 0.4) is 0 Å². The van der Waals surface area contributed by atoms with Gasteiger partial charge < -0.3 is 9.64 Å². The van der Waals surface area contributed by atoms with E-state index in [1.807, 2.05) is 0 Å². The fourth-order valence-electron chi connectivity index (χ4n) is 2.58. The molecule has 0 aromatic heterocycles. The van der Waals surface area contributed by atoms with Gasteiger partial charge in [0.15, 0.2) is 0 Å². The molecule has 0 N–H and O–H groups in total. The van der Waals surface area contributed by atoms with Crippen molar-refractivity contribution in [2.45, 2.75) is 12.5 Å². The summed E-state index contributed by atoms with van der Waals surface area (Å²) in [5.41, 5.74) is 0. The second-order valence-electron chi connectivity index (χ2n) is 4.79. The summed E-state index contributed by atoms with van der Waals surface area (Å²) >= 11 is 5.96. The molecular formula is C11H21ClN2O. The van der Waals surface area contributed by atoms with E-state index in [9.17, 15) is 0 Å². The molecule has 0 spiro atoms. The van der Waals surface area contributed by atoms with Crippen molar-refractivity contribution in [1.82, 2.24) is 9.80 Å². The molecule has 2 atom stereocenters. The van der Waals surface area contributed by atoms with Gasteiger partial charge in [0.2, 0.25) is 0 Å².